The average Bonchev–Trinajstić information content (AvgIpc) is 3.07. The summed E-state index contributed by atoms with van der Waals surface area (Å²) in [7, 11) is -4.61. The molecule has 0 aromatic heterocycles. The van der Waals surface area contributed by atoms with Crippen molar-refractivity contribution >= 4 is 19.8 Å². The lowest BCUT2D eigenvalue weighted by atomic mass is 10.0. The number of rotatable bonds is 34. The fourth-order valence-corrected chi connectivity index (χ4v) is 5.50. The molecule has 0 rings (SSSR count). The van der Waals surface area contributed by atoms with Crippen molar-refractivity contribution < 1.29 is 47.8 Å². The highest BCUT2D eigenvalue weighted by Gasteiger charge is 2.27. The van der Waals surface area contributed by atoms with E-state index in [4.69, 9.17) is 19.1 Å². The van der Waals surface area contributed by atoms with Gasteiger partial charge in [0.05, 0.1) is 19.8 Å². The maximum absolute atomic E-state index is 12.5. The van der Waals surface area contributed by atoms with E-state index < -0.39 is 51.8 Å². The molecule has 0 radical (unpaired) electrons. The van der Waals surface area contributed by atoms with Gasteiger partial charge in [0.1, 0.15) is 12.7 Å². The Morgan fingerprint density at radius 2 is 1.15 bits per heavy atom. The SMILES string of the molecule is CC/C=C\C/C=C\C/C=C\CCCCCC(=O)OC(COC(=O)CCCCCCCCCCCCCC)COP(=O)(O)OCC(O)CO. The zero-order chi connectivity index (χ0) is 35.6. The van der Waals surface area contributed by atoms with Crippen molar-refractivity contribution in [3.63, 3.8) is 0 Å². The molecule has 280 valence electrons. The number of carbonyl (C=O) groups excluding carboxylic acids is 2. The van der Waals surface area contributed by atoms with Crippen LogP contribution in [-0.4, -0.2) is 65.7 Å². The Balaban J connectivity index is 4.44. The summed E-state index contributed by atoms with van der Waals surface area (Å²) in [6.45, 7) is 2.20. The smallest absolute Gasteiger partial charge is 0.462 e. The van der Waals surface area contributed by atoms with E-state index in [1.807, 2.05) is 0 Å². The fraction of sp³-hybridized carbons (Fsp3) is 0.784. The standard InChI is InChI=1S/C37H67O10P/c1-3-5-7-9-11-13-15-17-19-21-23-25-27-29-37(41)47-35(33-46-48(42,43)45-31-34(39)30-38)32-44-36(40)28-26-24-22-20-18-16-14-12-10-8-6-4-2/h5,7,11,13,17,19,34-35,38-39H,3-4,6,8-10,12,14-16,18,20-33H2,1-2H3,(H,42,43)/b7-5-,13-11-,19-17-. The summed E-state index contributed by atoms with van der Waals surface area (Å²) in [5.41, 5.74) is 0. The Hall–Kier alpha value is -1.81. The Labute approximate surface area is 291 Å². The van der Waals surface area contributed by atoms with Gasteiger partial charge in [-0.25, -0.2) is 4.57 Å². The summed E-state index contributed by atoms with van der Waals surface area (Å²) in [6, 6.07) is 0. The molecule has 0 aliphatic rings. The fourth-order valence-electron chi connectivity index (χ4n) is 4.71. The summed E-state index contributed by atoms with van der Waals surface area (Å²) < 4.78 is 32.5. The van der Waals surface area contributed by atoms with Gasteiger partial charge in [-0.2, -0.15) is 0 Å². The van der Waals surface area contributed by atoms with Crippen LogP contribution >= 0.6 is 7.82 Å². The van der Waals surface area contributed by atoms with Crippen LogP contribution in [-0.2, 0) is 32.7 Å². The van der Waals surface area contributed by atoms with E-state index in [9.17, 15) is 24.2 Å². The summed E-state index contributed by atoms with van der Waals surface area (Å²) in [4.78, 5) is 34.7. The number of esters is 2. The molecule has 0 saturated carbocycles. The molecule has 3 N–H and O–H groups in total. The predicted molar refractivity (Wildman–Crippen MR) is 191 cm³/mol. The molecule has 3 atom stereocenters. The molecule has 48 heavy (non-hydrogen) atoms. The quantitative estimate of drug-likeness (QED) is 0.0257. The van der Waals surface area contributed by atoms with Crippen LogP contribution in [0.15, 0.2) is 36.5 Å². The molecular formula is C37H67O10P. The zero-order valence-electron chi connectivity index (χ0n) is 29.9. The minimum atomic E-state index is -4.61. The molecule has 10 nitrogen and oxygen atoms in total. The first-order valence-electron chi connectivity index (χ1n) is 18.4. The Kier molecular flexibility index (Phi) is 32.4. The van der Waals surface area contributed by atoms with Gasteiger partial charge in [0, 0.05) is 12.8 Å². The minimum absolute atomic E-state index is 0.150. The number of phosphoric acid groups is 1. The van der Waals surface area contributed by atoms with Gasteiger partial charge in [0.2, 0.25) is 0 Å². The van der Waals surface area contributed by atoms with Crippen LogP contribution in [0.4, 0.5) is 0 Å². The van der Waals surface area contributed by atoms with E-state index in [1.54, 1.807) is 0 Å². The second kappa shape index (κ2) is 33.7. The monoisotopic (exact) mass is 702 g/mol. The van der Waals surface area contributed by atoms with E-state index in [1.165, 1.54) is 51.4 Å². The lowest BCUT2D eigenvalue weighted by molar-refractivity contribution is -0.161. The second-order valence-corrected chi connectivity index (χ2v) is 13.7. The van der Waals surface area contributed by atoms with E-state index in [0.717, 1.165) is 57.8 Å². The number of unbranched alkanes of at least 4 members (excludes halogenated alkanes) is 14. The van der Waals surface area contributed by atoms with Crippen molar-refractivity contribution in [1.82, 2.24) is 0 Å². The lowest BCUT2D eigenvalue weighted by Gasteiger charge is -2.20. The Morgan fingerprint density at radius 3 is 1.73 bits per heavy atom. The van der Waals surface area contributed by atoms with Crippen LogP contribution in [0.3, 0.4) is 0 Å². The van der Waals surface area contributed by atoms with Crippen LogP contribution in [0.5, 0.6) is 0 Å². The van der Waals surface area contributed by atoms with E-state index in [2.05, 4.69) is 54.8 Å². The average molecular weight is 703 g/mol. The first-order valence-corrected chi connectivity index (χ1v) is 19.9. The first-order chi connectivity index (χ1) is 23.2. The van der Waals surface area contributed by atoms with Crippen LogP contribution in [0.2, 0.25) is 0 Å². The number of aliphatic hydroxyl groups excluding tert-OH is 2. The van der Waals surface area contributed by atoms with Gasteiger partial charge in [-0.15, -0.1) is 0 Å². The number of allylic oxidation sites excluding steroid dienone is 6. The van der Waals surface area contributed by atoms with Gasteiger partial charge in [0.25, 0.3) is 0 Å². The van der Waals surface area contributed by atoms with Gasteiger partial charge in [-0.05, 0) is 44.9 Å². The van der Waals surface area contributed by atoms with Gasteiger partial charge in [0.15, 0.2) is 6.10 Å². The molecule has 0 spiro atoms. The first kappa shape index (κ1) is 46.2. The summed E-state index contributed by atoms with van der Waals surface area (Å²) >= 11 is 0. The molecule has 0 fully saturated rings. The number of carbonyl (C=O) groups is 2. The number of hydrogen-bond donors (Lipinski definition) is 3. The minimum Gasteiger partial charge on any atom is -0.462 e. The molecule has 0 amide bonds. The van der Waals surface area contributed by atoms with Gasteiger partial charge in [-0.1, -0.05) is 127 Å². The normalized spacial score (nSPS) is 14.5. The van der Waals surface area contributed by atoms with Crippen molar-refractivity contribution in [2.75, 3.05) is 26.4 Å². The Morgan fingerprint density at radius 1 is 0.646 bits per heavy atom. The lowest BCUT2D eigenvalue weighted by Crippen LogP contribution is -2.29. The number of hydrogen-bond acceptors (Lipinski definition) is 9. The highest BCUT2D eigenvalue weighted by molar-refractivity contribution is 7.47. The van der Waals surface area contributed by atoms with Crippen molar-refractivity contribution in [2.24, 2.45) is 0 Å². The van der Waals surface area contributed by atoms with E-state index >= 15 is 0 Å². The third-order valence-corrected chi connectivity index (χ3v) is 8.51. The maximum atomic E-state index is 12.5. The summed E-state index contributed by atoms with van der Waals surface area (Å²) in [5, 5.41) is 18.2. The topological polar surface area (TPSA) is 149 Å². The van der Waals surface area contributed by atoms with Gasteiger partial charge < -0.3 is 24.6 Å². The molecular weight excluding hydrogens is 635 g/mol. The van der Waals surface area contributed by atoms with Gasteiger partial charge in [-0.3, -0.25) is 18.6 Å². The van der Waals surface area contributed by atoms with Crippen molar-refractivity contribution in [3.8, 4) is 0 Å². The van der Waals surface area contributed by atoms with Crippen molar-refractivity contribution in [3.05, 3.63) is 36.5 Å². The Bertz CT molecular complexity index is 905. The summed E-state index contributed by atoms with van der Waals surface area (Å²) in [6.07, 6.45) is 31.2. The van der Waals surface area contributed by atoms with E-state index in [-0.39, 0.29) is 19.4 Å². The molecule has 0 aliphatic carbocycles. The molecule has 0 heterocycles. The maximum Gasteiger partial charge on any atom is 0.472 e. The third-order valence-electron chi connectivity index (χ3n) is 7.56. The zero-order valence-corrected chi connectivity index (χ0v) is 30.8. The molecule has 0 aromatic carbocycles. The van der Waals surface area contributed by atoms with E-state index in [0.29, 0.717) is 12.8 Å². The van der Waals surface area contributed by atoms with Gasteiger partial charge >= 0.3 is 19.8 Å². The van der Waals surface area contributed by atoms with Crippen LogP contribution < -0.4 is 0 Å². The highest BCUT2D eigenvalue weighted by Crippen LogP contribution is 2.43. The largest absolute Gasteiger partial charge is 0.472 e. The number of phosphoric ester groups is 1. The second-order valence-electron chi connectivity index (χ2n) is 12.2. The molecule has 11 heteroatoms. The summed E-state index contributed by atoms with van der Waals surface area (Å²) in [5.74, 6) is -0.961. The predicted octanol–water partition coefficient (Wildman–Crippen LogP) is 8.83. The van der Waals surface area contributed by atoms with Crippen LogP contribution in [0.1, 0.15) is 149 Å². The van der Waals surface area contributed by atoms with Crippen LogP contribution in [0, 0.1) is 0 Å². The number of aliphatic hydroxyl groups is 2. The molecule has 3 unspecified atom stereocenters. The molecule has 0 aromatic rings. The number of ether oxygens (including phenoxy) is 2. The molecule has 0 bridgehead atoms. The molecule has 0 aliphatic heterocycles. The highest BCUT2D eigenvalue weighted by atomic mass is 31.2. The molecule has 0 saturated heterocycles. The third kappa shape index (κ3) is 32.7. The van der Waals surface area contributed by atoms with Crippen LogP contribution in [0.25, 0.3) is 0 Å². The van der Waals surface area contributed by atoms with Crippen molar-refractivity contribution in [2.45, 2.75) is 161 Å². The van der Waals surface area contributed by atoms with Crippen molar-refractivity contribution in [1.29, 1.82) is 0 Å².